The molecule has 4 heteroatoms. The Morgan fingerprint density at radius 2 is 2.06 bits per heavy atom. The van der Waals surface area contributed by atoms with Gasteiger partial charge >= 0.3 is 0 Å². The smallest absolute Gasteiger partial charge is 0.224 e. The zero-order valence-electron chi connectivity index (χ0n) is 11.3. The summed E-state index contributed by atoms with van der Waals surface area (Å²) in [5, 5.41) is 6.90. The molecule has 1 fully saturated rings. The van der Waals surface area contributed by atoms with Crippen LogP contribution in [0.2, 0.25) is 0 Å². The van der Waals surface area contributed by atoms with Crippen LogP contribution >= 0.6 is 0 Å². The van der Waals surface area contributed by atoms with Crippen LogP contribution in [0.1, 0.15) is 49.1 Å². The highest BCUT2D eigenvalue weighted by Gasteiger charge is 2.16. The molecule has 100 valence electrons. The summed E-state index contributed by atoms with van der Waals surface area (Å²) in [5.74, 6) is 1.50. The molecular formula is C14H22N2O2. The first kappa shape index (κ1) is 13.1. The Balaban J connectivity index is 1.78. The molecule has 0 spiro atoms. The lowest BCUT2D eigenvalue weighted by Crippen LogP contribution is -2.31. The number of nitrogens with zero attached hydrogens (tertiary/aromatic N) is 1. The van der Waals surface area contributed by atoms with Crippen LogP contribution in [0.4, 0.5) is 0 Å². The van der Waals surface area contributed by atoms with Crippen LogP contribution in [-0.4, -0.2) is 17.6 Å². The number of nitrogens with one attached hydrogen (secondary N) is 1. The van der Waals surface area contributed by atoms with E-state index in [-0.39, 0.29) is 5.91 Å². The summed E-state index contributed by atoms with van der Waals surface area (Å²) in [6, 6.07) is 0. The van der Waals surface area contributed by atoms with E-state index >= 15 is 0 Å². The maximum atomic E-state index is 11.9. The average Bonchev–Trinajstić information content (AvgIpc) is 2.69. The number of carbonyl (C=O) groups excluding carboxylic acids is 1. The number of hydrogen-bond acceptors (Lipinski definition) is 3. The minimum atomic E-state index is 0.0787. The molecule has 0 bridgehead atoms. The molecule has 0 radical (unpaired) electrons. The molecule has 1 aromatic rings. The third-order valence-electron chi connectivity index (χ3n) is 3.83. The number of aromatic nitrogens is 1. The van der Waals surface area contributed by atoms with E-state index in [9.17, 15) is 4.79 Å². The van der Waals surface area contributed by atoms with Crippen LogP contribution in [0.5, 0.6) is 0 Å². The Morgan fingerprint density at radius 1 is 1.33 bits per heavy atom. The van der Waals surface area contributed by atoms with E-state index in [1.54, 1.807) is 0 Å². The van der Waals surface area contributed by atoms with Crippen molar-refractivity contribution < 1.29 is 9.32 Å². The van der Waals surface area contributed by atoms with E-state index < -0.39 is 0 Å². The average molecular weight is 250 g/mol. The van der Waals surface area contributed by atoms with Crippen LogP contribution in [-0.2, 0) is 11.2 Å². The van der Waals surface area contributed by atoms with Crippen molar-refractivity contribution in [2.45, 2.75) is 52.4 Å². The first-order valence-electron chi connectivity index (χ1n) is 6.85. The van der Waals surface area contributed by atoms with Crippen molar-refractivity contribution in [2.24, 2.45) is 5.92 Å². The van der Waals surface area contributed by atoms with Gasteiger partial charge in [-0.2, -0.15) is 0 Å². The standard InChI is InChI=1S/C14H22N2O2/c1-10-13(11(2)18-16-10)8-14(17)15-9-12-6-4-3-5-7-12/h12H,3-9H2,1-2H3,(H,15,17). The SMILES string of the molecule is Cc1noc(C)c1CC(=O)NCC1CCCCC1. The zero-order chi connectivity index (χ0) is 13.0. The molecule has 0 aromatic carbocycles. The lowest BCUT2D eigenvalue weighted by Gasteiger charge is -2.21. The van der Waals surface area contributed by atoms with Gasteiger partial charge in [0.1, 0.15) is 5.76 Å². The maximum Gasteiger partial charge on any atom is 0.224 e. The van der Waals surface area contributed by atoms with E-state index in [0.717, 1.165) is 23.6 Å². The molecule has 4 nitrogen and oxygen atoms in total. The van der Waals surface area contributed by atoms with Crippen LogP contribution in [0.15, 0.2) is 4.52 Å². The van der Waals surface area contributed by atoms with Gasteiger partial charge in [0.25, 0.3) is 0 Å². The highest BCUT2D eigenvalue weighted by Crippen LogP contribution is 2.22. The zero-order valence-corrected chi connectivity index (χ0v) is 11.3. The summed E-state index contributed by atoms with van der Waals surface area (Å²) in [4.78, 5) is 11.9. The second-order valence-electron chi connectivity index (χ2n) is 5.29. The fraction of sp³-hybridized carbons (Fsp3) is 0.714. The highest BCUT2D eigenvalue weighted by atomic mass is 16.5. The molecule has 1 aliphatic carbocycles. The van der Waals surface area contributed by atoms with Gasteiger partial charge in [0, 0.05) is 12.1 Å². The van der Waals surface area contributed by atoms with Crippen LogP contribution in [0, 0.1) is 19.8 Å². The number of aryl methyl sites for hydroxylation is 2. The first-order chi connectivity index (χ1) is 8.66. The number of rotatable bonds is 4. The quantitative estimate of drug-likeness (QED) is 0.893. The Morgan fingerprint density at radius 3 is 2.67 bits per heavy atom. The fourth-order valence-corrected chi connectivity index (χ4v) is 2.63. The second kappa shape index (κ2) is 6.03. The van der Waals surface area contributed by atoms with Gasteiger partial charge in [0.2, 0.25) is 5.91 Å². The summed E-state index contributed by atoms with van der Waals surface area (Å²) in [5.41, 5.74) is 1.75. The van der Waals surface area contributed by atoms with Crippen LogP contribution in [0.3, 0.4) is 0 Å². The summed E-state index contributed by atoms with van der Waals surface area (Å²) in [6.07, 6.45) is 6.86. The number of amides is 1. The minimum Gasteiger partial charge on any atom is -0.361 e. The van der Waals surface area contributed by atoms with E-state index in [1.165, 1.54) is 32.1 Å². The van der Waals surface area contributed by atoms with Gasteiger partial charge in [-0.3, -0.25) is 4.79 Å². The molecule has 0 saturated heterocycles. The predicted octanol–water partition coefficient (Wildman–Crippen LogP) is 2.53. The van der Waals surface area contributed by atoms with E-state index in [0.29, 0.717) is 12.3 Å². The summed E-state index contributed by atoms with van der Waals surface area (Å²) < 4.78 is 5.06. The Bertz CT molecular complexity index is 386. The van der Waals surface area contributed by atoms with Crippen molar-refractivity contribution >= 4 is 5.91 Å². The lowest BCUT2D eigenvalue weighted by molar-refractivity contribution is -0.120. The molecule has 1 aromatic heterocycles. The first-order valence-corrected chi connectivity index (χ1v) is 6.85. The second-order valence-corrected chi connectivity index (χ2v) is 5.29. The molecule has 2 rings (SSSR count). The molecule has 0 aliphatic heterocycles. The van der Waals surface area contributed by atoms with Crippen molar-refractivity contribution in [1.82, 2.24) is 10.5 Å². The van der Waals surface area contributed by atoms with E-state index in [4.69, 9.17) is 4.52 Å². The summed E-state index contributed by atoms with van der Waals surface area (Å²) in [7, 11) is 0. The topological polar surface area (TPSA) is 55.1 Å². The Labute approximate surface area is 108 Å². The molecule has 18 heavy (non-hydrogen) atoms. The van der Waals surface area contributed by atoms with Gasteiger partial charge in [-0.25, -0.2) is 0 Å². The molecule has 0 unspecified atom stereocenters. The minimum absolute atomic E-state index is 0.0787. The largest absolute Gasteiger partial charge is 0.361 e. The van der Waals surface area contributed by atoms with Crippen molar-refractivity contribution in [3.8, 4) is 0 Å². The summed E-state index contributed by atoms with van der Waals surface area (Å²) >= 11 is 0. The Kier molecular flexibility index (Phi) is 4.39. The fourth-order valence-electron chi connectivity index (χ4n) is 2.63. The monoisotopic (exact) mass is 250 g/mol. The van der Waals surface area contributed by atoms with Gasteiger partial charge in [-0.15, -0.1) is 0 Å². The van der Waals surface area contributed by atoms with Crippen LogP contribution in [0.25, 0.3) is 0 Å². The van der Waals surface area contributed by atoms with Crippen LogP contribution < -0.4 is 5.32 Å². The number of carbonyl (C=O) groups is 1. The van der Waals surface area contributed by atoms with E-state index in [2.05, 4.69) is 10.5 Å². The molecule has 1 heterocycles. The normalized spacial score (nSPS) is 16.8. The van der Waals surface area contributed by atoms with Crippen molar-refractivity contribution in [1.29, 1.82) is 0 Å². The van der Waals surface area contributed by atoms with Crippen molar-refractivity contribution in [3.63, 3.8) is 0 Å². The Hall–Kier alpha value is -1.32. The predicted molar refractivity (Wildman–Crippen MR) is 69.3 cm³/mol. The molecular weight excluding hydrogens is 228 g/mol. The van der Waals surface area contributed by atoms with Gasteiger partial charge < -0.3 is 9.84 Å². The summed E-state index contributed by atoms with van der Waals surface area (Å²) in [6.45, 7) is 4.55. The molecule has 0 atom stereocenters. The third-order valence-corrected chi connectivity index (χ3v) is 3.83. The molecule has 1 aliphatic rings. The molecule has 1 N–H and O–H groups in total. The molecule has 1 saturated carbocycles. The third kappa shape index (κ3) is 3.34. The van der Waals surface area contributed by atoms with E-state index in [1.807, 2.05) is 13.8 Å². The maximum absolute atomic E-state index is 11.9. The van der Waals surface area contributed by atoms with Gasteiger partial charge in [0.05, 0.1) is 12.1 Å². The lowest BCUT2D eigenvalue weighted by atomic mass is 9.89. The van der Waals surface area contributed by atoms with Crippen molar-refractivity contribution in [3.05, 3.63) is 17.0 Å². The molecule has 1 amide bonds. The van der Waals surface area contributed by atoms with Gasteiger partial charge in [0.15, 0.2) is 0 Å². The highest BCUT2D eigenvalue weighted by molar-refractivity contribution is 5.78. The van der Waals surface area contributed by atoms with Gasteiger partial charge in [-0.1, -0.05) is 24.4 Å². The van der Waals surface area contributed by atoms with Gasteiger partial charge in [-0.05, 0) is 32.6 Å². The van der Waals surface area contributed by atoms with Crippen molar-refractivity contribution in [2.75, 3.05) is 6.54 Å². The number of hydrogen-bond donors (Lipinski definition) is 1.